The van der Waals surface area contributed by atoms with Crippen molar-refractivity contribution in [2.75, 3.05) is 6.61 Å². The number of hydrogen-bond donors (Lipinski definition) is 0. The Balaban J connectivity index is 1.69. The molecule has 4 rings (SSSR count). The van der Waals surface area contributed by atoms with E-state index in [1.165, 1.54) is 0 Å². The Hall–Kier alpha value is -1.95. The third-order valence-electron chi connectivity index (χ3n) is 5.54. The van der Waals surface area contributed by atoms with Crippen LogP contribution in [0.3, 0.4) is 0 Å². The van der Waals surface area contributed by atoms with E-state index in [1.54, 1.807) is 10.7 Å². The van der Waals surface area contributed by atoms with Crippen molar-refractivity contribution in [2.24, 2.45) is 18.4 Å². The SMILES string of the molecule is Cc1cc(C(=O)OC2C3CCOC3C2(C)C)c2c(C)nn(C)c2n1. The molecular weight excluding hydrogens is 306 g/mol. The second-order valence-electron chi connectivity index (χ2n) is 7.61. The molecular formula is C18H23N3O3. The number of aryl methyl sites for hydroxylation is 3. The Morgan fingerprint density at radius 2 is 2.17 bits per heavy atom. The van der Waals surface area contributed by atoms with Crippen LogP contribution in [0.15, 0.2) is 6.07 Å². The Morgan fingerprint density at radius 1 is 1.42 bits per heavy atom. The molecule has 3 atom stereocenters. The molecule has 1 saturated carbocycles. The Morgan fingerprint density at radius 3 is 2.92 bits per heavy atom. The minimum Gasteiger partial charge on any atom is -0.458 e. The largest absolute Gasteiger partial charge is 0.458 e. The van der Waals surface area contributed by atoms with Crippen molar-refractivity contribution < 1.29 is 14.3 Å². The summed E-state index contributed by atoms with van der Waals surface area (Å²) >= 11 is 0. The maximum atomic E-state index is 12.9. The van der Waals surface area contributed by atoms with Crippen LogP contribution in [0.1, 0.15) is 42.0 Å². The fraction of sp³-hybridized carbons (Fsp3) is 0.611. The van der Waals surface area contributed by atoms with Crippen molar-refractivity contribution in [3.63, 3.8) is 0 Å². The van der Waals surface area contributed by atoms with E-state index >= 15 is 0 Å². The Bertz CT molecular complexity index is 840. The highest BCUT2D eigenvalue weighted by atomic mass is 16.6. The van der Waals surface area contributed by atoms with E-state index in [0.29, 0.717) is 11.5 Å². The lowest BCUT2D eigenvalue weighted by Gasteiger charge is -2.53. The second-order valence-corrected chi connectivity index (χ2v) is 7.61. The van der Waals surface area contributed by atoms with Crippen LogP contribution in [-0.4, -0.2) is 39.5 Å². The third-order valence-corrected chi connectivity index (χ3v) is 5.54. The van der Waals surface area contributed by atoms with Gasteiger partial charge < -0.3 is 9.47 Å². The number of nitrogens with zero attached hydrogens (tertiary/aromatic N) is 3. The lowest BCUT2D eigenvalue weighted by atomic mass is 9.59. The summed E-state index contributed by atoms with van der Waals surface area (Å²) < 4.78 is 13.4. The molecule has 0 aromatic carbocycles. The second kappa shape index (κ2) is 5.02. The van der Waals surface area contributed by atoms with Crippen LogP contribution >= 0.6 is 0 Å². The number of fused-ring (bicyclic) bond motifs is 2. The number of carbonyl (C=O) groups is 1. The summed E-state index contributed by atoms with van der Waals surface area (Å²) in [4.78, 5) is 17.4. The van der Waals surface area contributed by atoms with Gasteiger partial charge in [0, 0.05) is 30.7 Å². The first kappa shape index (κ1) is 15.6. The highest BCUT2D eigenvalue weighted by Crippen LogP contribution is 2.54. The zero-order valence-electron chi connectivity index (χ0n) is 14.8. The first-order valence-electron chi connectivity index (χ1n) is 8.44. The van der Waals surface area contributed by atoms with Crippen molar-refractivity contribution in [3.05, 3.63) is 23.0 Å². The lowest BCUT2D eigenvalue weighted by molar-refractivity contribution is -0.183. The predicted molar refractivity (Wildman–Crippen MR) is 88.8 cm³/mol. The first-order valence-corrected chi connectivity index (χ1v) is 8.44. The van der Waals surface area contributed by atoms with Gasteiger partial charge in [-0.25, -0.2) is 9.78 Å². The van der Waals surface area contributed by atoms with E-state index in [0.717, 1.165) is 35.4 Å². The van der Waals surface area contributed by atoms with Crippen molar-refractivity contribution in [3.8, 4) is 0 Å². The molecule has 1 aliphatic carbocycles. The molecule has 0 radical (unpaired) electrons. The smallest absolute Gasteiger partial charge is 0.339 e. The molecule has 6 heteroatoms. The molecule has 3 heterocycles. The number of esters is 1. The minimum atomic E-state index is -0.287. The van der Waals surface area contributed by atoms with E-state index in [2.05, 4.69) is 23.9 Å². The summed E-state index contributed by atoms with van der Waals surface area (Å²) in [5, 5.41) is 5.18. The van der Waals surface area contributed by atoms with Gasteiger partial charge in [0.25, 0.3) is 0 Å². The molecule has 1 aliphatic heterocycles. The van der Waals surface area contributed by atoms with Gasteiger partial charge in [-0.3, -0.25) is 4.68 Å². The molecule has 2 fully saturated rings. The molecule has 1 saturated heterocycles. The standard InChI is InChI=1S/C18H23N3O3/c1-9-8-12(13-10(2)20-21(5)16(13)19-9)17(22)24-15-11-6-7-23-14(11)18(15,3)4/h8,11,14-15H,6-7H2,1-5H3. The van der Waals surface area contributed by atoms with Crippen LogP contribution in [0.5, 0.6) is 0 Å². The summed E-state index contributed by atoms with van der Waals surface area (Å²) in [6.07, 6.45) is 1.07. The molecule has 24 heavy (non-hydrogen) atoms. The van der Waals surface area contributed by atoms with E-state index in [4.69, 9.17) is 9.47 Å². The summed E-state index contributed by atoms with van der Waals surface area (Å²) in [5.74, 6) is 0.0300. The summed E-state index contributed by atoms with van der Waals surface area (Å²) in [5.41, 5.74) is 2.71. The van der Waals surface area contributed by atoms with Gasteiger partial charge in [-0.2, -0.15) is 5.10 Å². The van der Waals surface area contributed by atoms with Crippen molar-refractivity contribution >= 4 is 17.0 Å². The van der Waals surface area contributed by atoms with E-state index in [-0.39, 0.29) is 23.6 Å². The molecule has 3 unspecified atom stereocenters. The number of aromatic nitrogens is 3. The van der Waals surface area contributed by atoms with Crippen LogP contribution in [0, 0.1) is 25.2 Å². The average molecular weight is 329 g/mol. The normalized spacial score (nSPS) is 27.8. The topological polar surface area (TPSA) is 66.2 Å². The minimum absolute atomic E-state index is 0.0991. The molecule has 2 aromatic heterocycles. The van der Waals surface area contributed by atoms with E-state index in [1.807, 2.05) is 20.9 Å². The molecule has 0 spiro atoms. The molecule has 2 aliphatic rings. The van der Waals surface area contributed by atoms with Crippen LogP contribution in [0.25, 0.3) is 11.0 Å². The molecule has 128 valence electrons. The molecule has 0 N–H and O–H groups in total. The van der Waals surface area contributed by atoms with Crippen LogP contribution in [0.4, 0.5) is 0 Å². The quantitative estimate of drug-likeness (QED) is 0.792. The lowest BCUT2D eigenvalue weighted by Crippen LogP contribution is -2.61. The van der Waals surface area contributed by atoms with Gasteiger partial charge in [0.1, 0.15) is 6.10 Å². The summed E-state index contributed by atoms with van der Waals surface area (Å²) in [6, 6.07) is 1.80. The predicted octanol–water partition coefficient (Wildman–Crippen LogP) is 2.56. The monoisotopic (exact) mass is 329 g/mol. The molecule has 0 amide bonds. The highest BCUT2D eigenvalue weighted by Gasteiger charge is 2.61. The van der Waals surface area contributed by atoms with E-state index < -0.39 is 0 Å². The Labute approximate surface area is 141 Å². The third kappa shape index (κ3) is 2.02. The molecule has 0 bridgehead atoms. The first-order chi connectivity index (χ1) is 11.3. The maximum absolute atomic E-state index is 12.9. The van der Waals surface area contributed by atoms with Crippen molar-refractivity contribution in [2.45, 2.75) is 46.3 Å². The Kier molecular flexibility index (Phi) is 3.26. The van der Waals surface area contributed by atoms with Crippen molar-refractivity contribution in [1.29, 1.82) is 0 Å². The van der Waals surface area contributed by atoms with Gasteiger partial charge in [-0.15, -0.1) is 0 Å². The zero-order valence-corrected chi connectivity index (χ0v) is 14.8. The van der Waals surface area contributed by atoms with Gasteiger partial charge in [-0.1, -0.05) is 13.8 Å². The zero-order chi connectivity index (χ0) is 17.2. The molecule has 2 aromatic rings. The fourth-order valence-electron chi connectivity index (χ4n) is 4.43. The van der Waals surface area contributed by atoms with Gasteiger partial charge in [-0.05, 0) is 26.3 Å². The van der Waals surface area contributed by atoms with Crippen LogP contribution in [-0.2, 0) is 16.5 Å². The fourth-order valence-corrected chi connectivity index (χ4v) is 4.43. The number of rotatable bonds is 2. The van der Waals surface area contributed by atoms with Crippen molar-refractivity contribution in [1.82, 2.24) is 14.8 Å². The number of pyridine rings is 1. The maximum Gasteiger partial charge on any atom is 0.339 e. The number of carbonyl (C=O) groups excluding carboxylic acids is 1. The van der Waals surface area contributed by atoms with Gasteiger partial charge >= 0.3 is 5.97 Å². The van der Waals surface area contributed by atoms with Gasteiger partial charge in [0.05, 0.1) is 22.7 Å². The summed E-state index contributed by atoms with van der Waals surface area (Å²) in [6.45, 7) is 8.75. The van der Waals surface area contributed by atoms with Crippen LogP contribution in [0.2, 0.25) is 0 Å². The highest BCUT2D eigenvalue weighted by molar-refractivity contribution is 6.04. The van der Waals surface area contributed by atoms with E-state index in [9.17, 15) is 4.79 Å². The number of hydrogen-bond acceptors (Lipinski definition) is 5. The van der Waals surface area contributed by atoms with Gasteiger partial charge in [0.15, 0.2) is 5.65 Å². The van der Waals surface area contributed by atoms with Crippen LogP contribution < -0.4 is 0 Å². The average Bonchev–Trinajstić information content (AvgIpc) is 3.08. The van der Waals surface area contributed by atoms with Gasteiger partial charge in [0.2, 0.25) is 0 Å². The summed E-state index contributed by atoms with van der Waals surface area (Å²) in [7, 11) is 1.84. The molecule has 6 nitrogen and oxygen atoms in total. The number of ether oxygens (including phenoxy) is 2.